The Hall–Kier alpha value is -3.04. The summed E-state index contributed by atoms with van der Waals surface area (Å²) >= 11 is 0. The average molecular weight is 373 g/mol. The lowest BCUT2D eigenvalue weighted by atomic mass is 9.95. The number of hydrogen-bond donors (Lipinski definition) is 1. The van der Waals surface area contributed by atoms with E-state index < -0.39 is 59.4 Å². The van der Waals surface area contributed by atoms with Gasteiger partial charge in [-0.25, -0.2) is 13.6 Å². The Balaban J connectivity index is 3.17. The van der Waals surface area contributed by atoms with Crippen LogP contribution in [0, 0.1) is 17.6 Å². The van der Waals surface area contributed by atoms with Gasteiger partial charge in [-0.2, -0.15) is 0 Å². The molecule has 26 heavy (non-hydrogen) atoms. The topological polar surface area (TPSA) is 108 Å². The number of ether oxygens (including phenoxy) is 3. The van der Waals surface area contributed by atoms with E-state index in [2.05, 4.69) is 19.5 Å². The second-order valence-corrected chi connectivity index (χ2v) is 5.04. The van der Waals surface area contributed by atoms with Gasteiger partial charge in [0.25, 0.3) is 5.91 Å². The van der Waals surface area contributed by atoms with Crippen LogP contribution < -0.4 is 5.32 Å². The first-order valence-electron chi connectivity index (χ1n) is 7.22. The standard InChI is InChI=1S/C16H17F2NO7/c1-24-12(20)7-11(15(22)25-2)13(16(23)26-3)19-14(21)8-4-9(17)6-10(18)5-8/h4-6,11,13H,7H2,1-3H3,(H,19,21)/t11-,13+/m0/s1. The van der Waals surface area contributed by atoms with Crippen LogP contribution in [0.3, 0.4) is 0 Å². The van der Waals surface area contributed by atoms with Gasteiger partial charge in [-0.1, -0.05) is 0 Å². The zero-order valence-electron chi connectivity index (χ0n) is 14.2. The van der Waals surface area contributed by atoms with Gasteiger partial charge in [-0.15, -0.1) is 0 Å². The number of esters is 3. The zero-order valence-corrected chi connectivity index (χ0v) is 14.2. The highest BCUT2D eigenvalue weighted by Crippen LogP contribution is 2.16. The third-order valence-corrected chi connectivity index (χ3v) is 3.39. The Bertz CT molecular complexity index is 688. The molecule has 1 N–H and O–H groups in total. The van der Waals surface area contributed by atoms with Gasteiger partial charge < -0.3 is 19.5 Å². The van der Waals surface area contributed by atoms with Gasteiger partial charge in [0.05, 0.1) is 33.7 Å². The molecule has 0 aliphatic carbocycles. The third-order valence-electron chi connectivity index (χ3n) is 3.39. The maximum atomic E-state index is 13.3. The molecule has 0 aliphatic heterocycles. The van der Waals surface area contributed by atoms with Crippen LogP contribution in [0.4, 0.5) is 8.78 Å². The van der Waals surface area contributed by atoms with Crippen LogP contribution in [0.5, 0.6) is 0 Å². The van der Waals surface area contributed by atoms with Gasteiger partial charge >= 0.3 is 17.9 Å². The molecule has 0 radical (unpaired) electrons. The predicted octanol–water partition coefficient (Wildman–Crippen LogP) is 0.588. The first-order chi connectivity index (χ1) is 12.2. The number of carbonyl (C=O) groups is 4. The predicted molar refractivity (Wildman–Crippen MR) is 81.8 cm³/mol. The maximum Gasteiger partial charge on any atom is 0.329 e. The molecule has 0 heterocycles. The van der Waals surface area contributed by atoms with E-state index >= 15 is 0 Å². The highest BCUT2D eigenvalue weighted by molar-refractivity contribution is 5.98. The van der Waals surface area contributed by atoms with Crippen LogP contribution in [-0.4, -0.2) is 51.2 Å². The number of carbonyl (C=O) groups excluding carboxylic acids is 4. The fourth-order valence-electron chi connectivity index (χ4n) is 2.11. The molecule has 0 aromatic heterocycles. The van der Waals surface area contributed by atoms with Crippen molar-refractivity contribution in [2.45, 2.75) is 12.5 Å². The van der Waals surface area contributed by atoms with E-state index in [0.717, 1.165) is 33.5 Å². The highest BCUT2D eigenvalue weighted by Gasteiger charge is 2.38. The second kappa shape index (κ2) is 9.44. The molecular weight excluding hydrogens is 356 g/mol. The lowest BCUT2D eigenvalue weighted by molar-refractivity contribution is -0.158. The summed E-state index contributed by atoms with van der Waals surface area (Å²) in [6.45, 7) is 0. The summed E-state index contributed by atoms with van der Waals surface area (Å²) in [5, 5.41) is 2.13. The normalized spacial score (nSPS) is 12.5. The van der Waals surface area contributed by atoms with Crippen LogP contribution in [-0.2, 0) is 28.6 Å². The van der Waals surface area contributed by atoms with Crippen LogP contribution in [0.25, 0.3) is 0 Å². The van der Waals surface area contributed by atoms with E-state index in [1.54, 1.807) is 0 Å². The van der Waals surface area contributed by atoms with Gasteiger partial charge in [0.2, 0.25) is 0 Å². The molecular formula is C16H17F2NO7. The summed E-state index contributed by atoms with van der Waals surface area (Å²) in [6.07, 6.45) is -0.596. The van der Waals surface area contributed by atoms with Gasteiger partial charge in [-0.3, -0.25) is 14.4 Å². The van der Waals surface area contributed by atoms with E-state index in [-0.39, 0.29) is 0 Å². The van der Waals surface area contributed by atoms with Crippen molar-refractivity contribution in [3.05, 3.63) is 35.4 Å². The molecule has 0 spiro atoms. The van der Waals surface area contributed by atoms with Gasteiger partial charge in [-0.05, 0) is 12.1 Å². The van der Waals surface area contributed by atoms with Crippen LogP contribution >= 0.6 is 0 Å². The minimum absolute atomic E-state index is 0.432. The number of methoxy groups -OCH3 is 3. The fraction of sp³-hybridized carbons (Fsp3) is 0.375. The number of halogens is 2. The van der Waals surface area contributed by atoms with E-state index in [9.17, 15) is 28.0 Å². The molecule has 0 bridgehead atoms. The molecule has 1 amide bonds. The van der Waals surface area contributed by atoms with E-state index in [4.69, 9.17) is 0 Å². The molecule has 1 aromatic carbocycles. The Morgan fingerprint density at radius 2 is 1.46 bits per heavy atom. The summed E-state index contributed by atoms with van der Waals surface area (Å²) in [4.78, 5) is 47.7. The fourth-order valence-corrected chi connectivity index (χ4v) is 2.11. The van der Waals surface area contributed by atoms with Crippen LogP contribution in [0.2, 0.25) is 0 Å². The molecule has 2 atom stereocenters. The minimum atomic E-state index is -1.65. The third kappa shape index (κ3) is 5.50. The Morgan fingerprint density at radius 1 is 0.923 bits per heavy atom. The zero-order chi connectivity index (χ0) is 19.9. The number of rotatable bonds is 7. The molecule has 10 heteroatoms. The first kappa shape index (κ1) is 21.0. The summed E-state index contributed by atoms with van der Waals surface area (Å²) in [6, 6.07) is 0.383. The monoisotopic (exact) mass is 373 g/mol. The van der Waals surface area contributed by atoms with Gasteiger partial charge in [0, 0.05) is 11.6 Å². The minimum Gasteiger partial charge on any atom is -0.469 e. The largest absolute Gasteiger partial charge is 0.469 e. The summed E-state index contributed by atoms with van der Waals surface area (Å²) in [7, 11) is 3.08. The Labute approximate surface area is 147 Å². The van der Waals surface area contributed by atoms with Crippen molar-refractivity contribution in [1.82, 2.24) is 5.32 Å². The van der Waals surface area contributed by atoms with Gasteiger partial charge in [0.15, 0.2) is 0 Å². The van der Waals surface area contributed by atoms with Crippen molar-refractivity contribution in [3.63, 3.8) is 0 Å². The lowest BCUT2D eigenvalue weighted by Gasteiger charge is -2.23. The number of hydrogen-bond acceptors (Lipinski definition) is 7. The second-order valence-electron chi connectivity index (χ2n) is 5.04. The molecule has 0 saturated carbocycles. The van der Waals surface area contributed by atoms with Crippen molar-refractivity contribution >= 4 is 23.8 Å². The van der Waals surface area contributed by atoms with E-state index in [1.807, 2.05) is 0 Å². The van der Waals surface area contributed by atoms with Gasteiger partial charge in [0.1, 0.15) is 17.7 Å². The van der Waals surface area contributed by atoms with Crippen LogP contribution in [0.1, 0.15) is 16.8 Å². The molecule has 1 aromatic rings. The molecule has 1 rings (SSSR count). The van der Waals surface area contributed by atoms with Crippen LogP contribution in [0.15, 0.2) is 18.2 Å². The number of nitrogens with one attached hydrogen (secondary N) is 1. The Kier molecular flexibility index (Phi) is 7.63. The molecule has 0 saturated heterocycles. The molecule has 0 fully saturated rings. The highest BCUT2D eigenvalue weighted by atomic mass is 19.1. The smallest absolute Gasteiger partial charge is 0.329 e. The molecule has 0 unspecified atom stereocenters. The summed E-state index contributed by atoms with van der Waals surface area (Å²) < 4.78 is 40.0. The molecule has 8 nitrogen and oxygen atoms in total. The number of amides is 1. The lowest BCUT2D eigenvalue weighted by Crippen LogP contribution is -2.50. The average Bonchev–Trinajstić information content (AvgIpc) is 2.61. The number of benzene rings is 1. The van der Waals surface area contributed by atoms with Crippen molar-refractivity contribution in [2.75, 3.05) is 21.3 Å². The summed E-state index contributed by atoms with van der Waals surface area (Å²) in [5.41, 5.74) is -0.432. The summed E-state index contributed by atoms with van der Waals surface area (Å²) in [5.74, 6) is -7.45. The Morgan fingerprint density at radius 3 is 1.92 bits per heavy atom. The SMILES string of the molecule is COC(=O)C[C@H](C(=O)OC)[C@@H](NC(=O)c1cc(F)cc(F)c1)C(=O)OC. The van der Waals surface area contributed by atoms with E-state index in [1.165, 1.54) is 0 Å². The van der Waals surface area contributed by atoms with Crippen molar-refractivity contribution in [1.29, 1.82) is 0 Å². The molecule has 0 aliphatic rings. The van der Waals surface area contributed by atoms with E-state index in [0.29, 0.717) is 6.07 Å². The van der Waals surface area contributed by atoms with Crippen molar-refractivity contribution in [3.8, 4) is 0 Å². The maximum absolute atomic E-state index is 13.3. The van der Waals surface area contributed by atoms with Crippen molar-refractivity contribution in [2.24, 2.45) is 5.92 Å². The quantitative estimate of drug-likeness (QED) is 0.550. The molecule has 142 valence electrons. The van der Waals surface area contributed by atoms with Crippen molar-refractivity contribution < 1.29 is 42.2 Å². The first-order valence-corrected chi connectivity index (χ1v) is 7.22.